The fourth-order valence-corrected chi connectivity index (χ4v) is 3.91. The summed E-state index contributed by atoms with van der Waals surface area (Å²) in [6.07, 6.45) is 0.669. The van der Waals surface area contributed by atoms with Gasteiger partial charge < -0.3 is 4.79 Å². The highest BCUT2D eigenvalue weighted by Crippen LogP contribution is 2.44. The molecule has 1 atom stereocenters. The summed E-state index contributed by atoms with van der Waals surface area (Å²) in [5, 5.41) is 0. The van der Waals surface area contributed by atoms with Gasteiger partial charge in [-0.25, -0.2) is 0 Å². The van der Waals surface area contributed by atoms with Crippen LogP contribution in [0, 0.1) is 0 Å². The molecule has 1 aliphatic rings. The van der Waals surface area contributed by atoms with Crippen LogP contribution in [0.15, 0.2) is 27.6 Å². The van der Waals surface area contributed by atoms with E-state index in [4.69, 9.17) is 0 Å². The van der Waals surface area contributed by atoms with Crippen LogP contribution in [-0.2, 0) is 4.79 Å². The smallest absolute Gasteiger partial charge is 0.130 e. The van der Waals surface area contributed by atoms with Gasteiger partial charge in [0.05, 0.1) is 0 Å². The van der Waals surface area contributed by atoms with E-state index in [2.05, 4.69) is 28.1 Å². The third-order valence-corrected chi connectivity index (χ3v) is 4.32. The molecule has 0 spiro atoms. The predicted octanol–water partition coefficient (Wildman–Crippen LogP) is 3.62. The SMILES string of the molecule is CC(=O)CC1CSc2cccc(Br)c21. The number of hydrogen-bond acceptors (Lipinski definition) is 2. The van der Waals surface area contributed by atoms with Crippen molar-refractivity contribution in [2.24, 2.45) is 0 Å². The molecule has 14 heavy (non-hydrogen) atoms. The van der Waals surface area contributed by atoms with Crippen molar-refractivity contribution in [1.29, 1.82) is 0 Å². The standard InChI is InChI=1S/C11H11BrOS/c1-7(13)5-8-6-14-10-4-2-3-9(12)11(8)10/h2-4,8H,5-6H2,1H3. The molecule has 1 aliphatic heterocycles. The number of Topliss-reactive ketones (excluding diaryl/α,β-unsaturated/α-hetero) is 1. The summed E-state index contributed by atoms with van der Waals surface area (Å²) < 4.78 is 1.14. The van der Waals surface area contributed by atoms with E-state index >= 15 is 0 Å². The van der Waals surface area contributed by atoms with Crippen molar-refractivity contribution in [2.75, 3.05) is 5.75 Å². The Balaban J connectivity index is 2.33. The average Bonchev–Trinajstić information content (AvgIpc) is 2.49. The van der Waals surface area contributed by atoms with Crippen LogP contribution >= 0.6 is 27.7 Å². The molecule has 3 heteroatoms. The van der Waals surface area contributed by atoms with E-state index in [9.17, 15) is 4.79 Å². The molecule has 1 unspecified atom stereocenters. The summed E-state index contributed by atoms with van der Waals surface area (Å²) in [5.74, 6) is 1.72. The number of carbonyl (C=O) groups excluding carboxylic acids is 1. The molecule has 74 valence electrons. The molecule has 0 radical (unpaired) electrons. The lowest BCUT2D eigenvalue weighted by atomic mass is 9.96. The van der Waals surface area contributed by atoms with Crippen molar-refractivity contribution in [2.45, 2.75) is 24.2 Å². The zero-order chi connectivity index (χ0) is 10.1. The molecule has 1 nitrogen and oxygen atoms in total. The maximum atomic E-state index is 11.1. The van der Waals surface area contributed by atoms with Crippen LogP contribution in [0.4, 0.5) is 0 Å². The van der Waals surface area contributed by atoms with Gasteiger partial charge in [0, 0.05) is 27.5 Å². The number of ketones is 1. The molecule has 0 saturated heterocycles. The molecule has 2 rings (SSSR count). The fourth-order valence-electron chi connectivity index (χ4n) is 1.82. The molecule has 1 aromatic carbocycles. The number of hydrogen-bond donors (Lipinski definition) is 0. The number of benzene rings is 1. The molecule has 0 aliphatic carbocycles. The highest BCUT2D eigenvalue weighted by atomic mass is 79.9. The Labute approximate surface area is 96.4 Å². The topological polar surface area (TPSA) is 17.1 Å². The fraction of sp³-hybridized carbons (Fsp3) is 0.364. The highest BCUT2D eigenvalue weighted by molar-refractivity contribution is 9.10. The number of halogens is 1. The monoisotopic (exact) mass is 270 g/mol. The lowest BCUT2D eigenvalue weighted by Gasteiger charge is -2.09. The van der Waals surface area contributed by atoms with Crippen LogP contribution in [-0.4, -0.2) is 11.5 Å². The minimum absolute atomic E-state index is 0.277. The summed E-state index contributed by atoms with van der Waals surface area (Å²) >= 11 is 5.40. The van der Waals surface area contributed by atoms with E-state index in [-0.39, 0.29) is 5.78 Å². The van der Waals surface area contributed by atoms with E-state index in [0.717, 1.165) is 10.2 Å². The molecule has 0 aromatic heterocycles. The second kappa shape index (κ2) is 4.07. The summed E-state index contributed by atoms with van der Waals surface area (Å²) in [5.41, 5.74) is 1.33. The van der Waals surface area contributed by atoms with Gasteiger partial charge in [-0.15, -0.1) is 11.8 Å². The van der Waals surface area contributed by atoms with Gasteiger partial charge in [0.1, 0.15) is 5.78 Å². The van der Waals surface area contributed by atoms with Gasteiger partial charge in [-0.2, -0.15) is 0 Å². The molecule has 0 N–H and O–H groups in total. The first-order valence-electron chi connectivity index (χ1n) is 4.59. The number of thioether (sulfide) groups is 1. The summed E-state index contributed by atoms with van der Waals surface area (Å²) in [6, 6.07) is 6.23. The molecule has 1 aromatic rings. The lowest BCUT2D eigenvalue weighted by molar-refractivity contribution is -0.117. The van der Waals surface area contributed by atoms with Crippen LogP contribution in [0.3, 0.4) is 0 Å². The Morgan fingerprint density at radius 3 is 3.14 bits per heavy atom. The molecule has 0 amide bonds. The third kappa shape index (κ3) is 1.89. The first-order chi connectivity index (χ1) is 6.68. The van der Waals surface area contributed by atoms with Crippen molar-refractivity contribution in [3.63, 3.8) is 0 Å². The van der Waals surface area contributed by atoms with Gasteiger partial charge in [0.15, 0.2) is 0 Å². The second-order valence-electron chi connectivity index (χ2n) is 3.57. The first kappa shape index (κ1) is 10.2. The van der Waals surface area contributed by atoms with Gasteiger partial charge in [-0.1, -0.05) is 22.0 Å². The normalized spacial score (nSPS) is 19.4. The summed E-state index contributed by atoms with van der Waals surface area (Å²) in [4.78, 5) is 12.4. The Morgan fingerprint density at radius 1 is 1.64 bits per heavy atom. The Morgan fingerprint density at radius 2 is 2.43 bits per heavy atom. The minimum atomic E-state index is 0.277. The third-order valence-electron chi connectivity index (χ3n) is 2.40. The van der Waals surface area contributed by atoms with Crippen molar-refractivity contribution in [3.8, 4) is 0 Å². The minimum Gasteiger partial charge on any atom is -0.300 e. The van der Waals surface area contributed by atoms with Gasteiger partial charge in [-0.3, -0.25) is 0 Å². The van der Waals surface area contributed by atoms with E-state index in [1.165, 1.54) is 10.5 Å². The summed E-state index contributed by atoms with van der Waals surface area (Å²) in [7, 11) is 0. The number of fused-ring (bicyclic) bond motifs is 1. The van der Waals surface area contributed by atoms with E-state index in [1.54, 1.807) is 6.92 Å². The van der Waals surface area contributed by atoms with Crippen molar-refractivity contribution in [1.82, 2.24) is 0 Å². The first-order valence-corrected chi connectivity index (χ1v) is 6.37. The highest BCUT2D eigenvalue weighted by Gasteiger charge is 2.25. The molecule has 0 fully saturated rings. The Bertz CT molecular complexity index is 376. The maximum absolute atomic E-state index is 11.1. The quantitative estimate of drug-likeness (QED) is 0.817. The zero-order valence-electron chi connectivity index (χ0n) is 7.92. The molecule has 1 heterocycles. The largest absolute Gasteiger partial charge is 0.300 e. The molecule has 0 saturated carbocycles. The lowest BCUT2D eigenvalue weighted by Crippen LogP contribution is -2.03. The summed E-state index contributed by atoms with van der Waals surface area (Å²) in [6.45, 7) is 1.67. The average molecular weight is 271 g/mol. The molecule has 0 bridgehead atoms. The van der Waals surface area contributed by atoms with Crippen LogP contribution in [0.2, 0.25) is 0 Å². The van der Waals surface area contributed by atoms with Crippen LogP contribution < -0.4 is 0 Å². The molecular weight excluding hydrogens is 260 g/mol. The van der Waals surface area contributed by atoms with Gasteiger partial charge in [0.2, 0.25) is 0 Å². The zero-order valence-corrected chi connectivity index (χ0v) is 10.3. The van der Waals surface area contributed by atoms with E-state index < -0.39 is 0 Å². The predicted molar refractivity (Wildman–Crippen MR) is 62.9 cm³/mol. The number of rotatable bonds is 2. The van der Waals surface area contributed by atoms with Gasteiger partial charge in [0.25, 0.3) is 0 Å². The van der Waals surface area contributed by atoms with Crippen molar-refractivity contribution < 1.29 is 4.79 Å². The van der Waals surface area contributed by atoms with Crippen molar-refractivity contribution in [3.05, 3.63) is 28.2 Å². The van der Waals surface area contributed by atoms with Crippen LogP contribution in [0.1, 0.15) is 24.8 Å². The van der Waals surface area contributed by atoms with Crippen molar-refractivity contribution >= 4 is 33.5 Å². The van der Waals surface area contributed by atoms with Crippen LogP contribution in [0.25, 0.3) is 0 Å². The van der Waals surface area contributed by atoms with Gasteiger partial charge in [-0.05, 0) is 24.6 Å². The Kier molecular flexibility index (Phi) is 2.98. The Hall–Kier alpha value is -0.280. The number of carbonyl (C=O) groups is 1. The molecular formula is C11H11BrOS. The van der Waals surface area contributed by atoms with Gasteiger partial charge >= 0.3 is 0 Å². The van der Waals surface area contributed by atoms with E-state index in [0.29, 0.717) is 12.3 Å². The maximum Gasteiger partial charge on any atom is 0.130 e. The second-order valence-corrected chi connectivity index (χ2v) is 5.48. The van der Waals surface area contributed by atoms with Crippen LogP contribution in [0.5, 0.6) is 0 Å². The van der Waals surface area contributed by atoms with E-state index in [1.807, 2.05) is 17.8 Å².